The lowest BCUT2D eigenvalue weighted by molar-refractivity contribution is 0.112. The molecule has 1 N–H and O–H groups in total. The topological polar surface area (TPSA) is 70.5 Å². The molecule has 0 aliphatic rings. The molecule has 0 saturated carbocycles. The van der Waals surface area contributed by atoms with E-state index < -0.39 is 0 Å². The van der Waals surface area contributed by atoms with Crippen molar-refractivity contribution in [3.8, 4) is 0 Å². The Morgan fingerprint density at radius 1 is 1.28 bits per heavy atom. The Bertz CT molecular complexity index is 854. The summed E-state index contributed by atoms with van der Waals surface area (Å²) < 4.78 is 0. The van der Waals surface area contributed by atoms with E-state index in [-0.39, 0.29) is 0 Å². The zero-order valence-corrected chi connectivity index (χ0v) is 19.2. The molecule has 2 heterocycles. The number of nitrogens with zero attached hydrogens (tertiary/aromatic N) is 4. The van der Waals surface area contributed by atoms with Crippen LogP contribution in [0.5, 0.6) is 0 Å². The summed E-state index contributed by atoms with van der Waals surface area (Å²) in [5, 5.41) is 4.05. The maximum absolute atomic E-state index is 11.4. The van der Waals surface area contributed by atoms with Crippen LogP contribution in [0.3, 0.4) is 0 Å². The predicted molar refractivity (Wildman–Crippen MR) is 126 cm³/mol. The van der Waals surface area contributed by atoms with Gasteiger partial charge in [-0.05, 0) is 33.6 Å². The molecule has 0 amide bonds. The second-order valence-electron chi connectivity index (χ2n) is 6.34. The van der Waals surface area contributed by atoms with Gasteiger partial charge in [-0.15, -0.1) is 11.3 Å². The van der Waals surface area contributed by atoms with Crippen molar-refractivity contribution in [2.45, 2.75) is 54.0 Å². The summed E-state index contributed by atoms with van der Waals surface area (Å²) in [5.41, 5.74) is 1.94. The second kappa shape index (κ2) is 13.6. The average Bonchev–Trinajstić information content (AvgIpc) is 3.09. The molecule has 0 saturated heterocycles. The van der Waals surface area contributed by atoms with Crippen molar-refractivity contribution < 1.29 is 4.79 Å². The summed E-state index contributed by atoms with van der Waals surface area (Å²) in [4.78, 5) is 28.1. The quantitative estimate of drug-likeness (QED) is 0.258. The van der Waals surface area contributed by atoms with Crippen molar-refractivity contribution >= 4 is 40.0 Å². The monoisotopic (exact) mass is 415 g/mol. The summed E-state index contributed by atoms with van der Waals surface area (Å²) >= 11 is 1.39. The smallest absolute Gasteiger partial charge is 0.160 e. The number of rotatable bonds is 9. The third kappa shape index (κ3) is 7.42. The zero-order valence-electron chi connectivity index (χ0n) is 18.4. The molecule has 7 heteroatoms. The van der Waals surface area contributed by atoms with Crippen LogP contribution in [0.1, 0.15) is 62.7 Å². The van der Waals surface area contributed by atoms with Crippen LogP contribution in [0.25, 0.3) is 10.2 Å². The highest BCUT2D eigenvalue weighted by molar-refractivity contribution is 7.20. The molecule has 0 aromatic carbocycles. The van der Waals surface area contributed by atoms with Crippen LogP contribution >= 0.6 is 11.3 Å². The highest BCUT2D eigenvalue weighted by Gasteiger charge is 2.18. The molecule has 0 fully saturated rings. The second-order valence-corrected chi connectivity index (χ2v) is 7.37. The number of carbonyl (C=O) groups excluding carboxylic acids is 1. The van der Waals surface area contributed by atoms with Gasteiger partial charge < -0.3 is 10.2 Å². The molecule has 0 bridgehead atoms. The number of fused-ring (bicyclic) bond motifs is 1. The van der Waals surface area contributed by atoms with Crippen LogP contribution < -0.4 is 10.2 Å². The minimum Gasteiger partial charge on any atom is -0.359 e. The van der Waals surface area contributed by atoms with Gasteiger partial charge in [0.25, 0.3) is 0 Å². The molecule has 6 nitrogen and oxygen atoms in total. The Morgan fingerprint density at radius 2 is 2.03 bits per heavy atom. The molecule has 2 aromatic rings. The fraction of sp³-hybridized carbons (Fsp3) is 0.455. The number of nitrogens with one attached hydrogen (secondary N) is 1. The van der Waals surface area contributed by atoms with Gasteiger partial charge in [0.2, 0.25) is 0 Å². The van der Waals surface area contributed by atoms with E-state index in [0.29, 0.717) is 11.4 Å². The van der Waals surface area contributed by atoms with Gasteiger partial charge >= 0.3 is 0 Å². The Hall–Kier alpha value is -2.54. The fourth-order valence-electron chi connectivity index (χ4n) is 2.57. The first-order valence-electron chi connectivity index (χ1n) is 9.99. The van der Waals surface area contributed by atoms with Gasteiger partial charge in [-0.3, -0.25) is 9.79 Å². The highest BCUT2D eigenvalue weighted by Crippen LogP contribution is 2.34. The number of allylic oxidation sites excluding steroid dienone is 4. The molecule has 158 valence electrons. The molecule has 2 aromatic heterocycles. The van der Waals surface area contributed by atoms with Crippen molar-refractivity contribution in [1.82, 2.24) is 15.3 Å². The molecule has 0 radical (unpaired) electrons. The number of aldehydes is 1. The number of thiophene rings is 1. The van der Waals surface area contributed by atoms with Gasteiger partial charge in [-0.2, -0.15) is 0 Å². The summed E-state index contributed by atoms with van der Waals surface area (Å²) in [5.74, 6) is 0.840. The molecule has 29 heavy (non-hydrogen) atoms. The Labute approximate surface area is 178 Å². The molecular weight excluding hydrogens is 382 g/mol. The Balaban J connectivity index is 0.000000749. The standard InChI is InChI=1S/C17H23N5OS.C5H10/c1-5-7-12(3)19-10-18-8-13-14(9-23)24-17-15(13)16(20-11-21-17)22(4)6-2;1-3-5-4-2/h7,9-11H,5-6,8H2,1-4H3,(H,18,19);3,5H,4H2,1-2H3/b12-7+;5-3-. The fourth-order valence-corrected chi connectivity index (χ4v) is 3.53. The van der Waals surface area contributed by atoms with Crippen LogP contribution in [0.4, 0.5) is 5.82 Å². The third-order valence-electron chi connectivity index (χ3n) is 4.16. The molecule has 0 spiro atoms. The van der Waals surface area contributed by atoms with Crippen LogP contribution in [0, 0.1) is 0 Å². The number of hydrogen-bond donors (Lipinski definition) is 1. The number of aliphatic imine (C=N–C) groups is 1. The van der Waals surface area contributed by atoms with Crippen molar-refractivity contribution in [3.63, 3.8) is 0 Å². The van der Waals surface area contributed by atoms with E-state index in [9.17, 15) is 4.79 Å². The van der Waals surface area contributed by atoms with Gasteiger partial charge in [0, 0.05) is 24.9 Å². The largest absolute Gasteiger partial charge is 0.359 e. The van der Waals surface area contributed by atoms with Gasteiger partial charge in [-0.25, -0.2) is 9.97 Å². The van der Waals surface area contributed by atoms with Crippen molar-refractivity contribution in [3.05, 3.63) is 40.7 Å². The molecule has 0 aliphatic heterocycles. The van der Waals surface area contributed by atoms with E-state index in [4.69, 9.17) is 0 Å². The number of aromatic nitrogens is 2. The van der Waals surface area contributed by atoms with Gasteiger partial charge in [-0.1, -0.05) is 32.1 Å². The first-order valence-corrected chi connectivity index (χ1v) is 10.8. The van der Waals surface area contributed by atoms with Crippen LogP contribution in [-0.4, -0.2) is 36.2 Å². The van der Waals surface area contributed by atoms with E-state index in [0.717, 1.165) is 53.0 Å². The van der Waals surface area contributed by atoms with Gasteiger partial charge in [0.05, 0.1) is 23.1 Å². The number of anilines is 1. The van der Waals surface area contributed by atoms with Crippen molar-refractivity contribution in [1.29, 1.82) is 0 Å². The molecular formula is C22H33N5OS. The zero-order chi connectivity index (χ0) is 21.6. The Morgan fingerprint density at radius 3 is 2.59 bits per heavy atom. The predicted octanol–water partition coefficient (Wildman–Crippen LogP) is 5.36. The maximum Gasteiger partial charge on any atom is 0.160 e. The normalized spacial score (nSPS) is 11.7. The third-order valence-corrected chi connectivity index (χ3v) is 5.22. The lowest BCUT2D eigenvalue weighted by Gasteiger charge is -2.16. The van der Waals surface area contributed by atoms with E-state index in [1.165, 1.54) is 11.3 Å². The summed E-state index contributed by atoms with van der Waals surface area (Å²) in [6, 6.07) is 0. The van der Waals surface area contributed by atoms with E-state index in [1.807, 2.05) is 25.8 Å². The van der Waals surface area contributed by atoms with Gasteiger partial charge in [0.1, 0.15) is 17.0 Å². The summed E-state index contributed by atoms with van der Waals surface area (Å²) in [7, 11) is 1.98. The van der Waals surface area contributed by atoms with Crippen molar-refractivity contribution in [2.24, 2.45) is 4.99 Å². The molecule has 0 unspecified atom stereocenters. The van der Waals surface area contributed by atoms with Gasteiger partial charge in [0.15, 0.2) is 6.29 Å². The maximum atomic E-state index is 11.4. The average molecular weight is 416 g/mol. The molecule has 0 aliphatic carbocycles. The first kappa shape index (κ1) is 24.5. The first-order chi connectivity index (χ1) is 14.0. The Kier molecular flexibility index (Phi) is 11.5. The SMILES string of the molecule is C/C=C\CC.CC/C=C(\C)NC=NCc1c(C=O)sc2ncnc(N(C)CC)c12. The van der Waals surface area contributed by atoms with Crippen LogP contribution in [0.15, 0.2) is 35.2 Å². The number of hydrogen-bond acceptors (Lipinski definition) is 6. The lowest BCUT2D eigenvalue weighted by Crippen LogP contribution is -2.17. The van der Waals surface area contributed by atoms with Crippen LogP contribution in [0.2, 0.25) is 0 Å². The molecule has 2 rings (SSSR count). The summed E-state index contributed by atoms with van der Waals surface area (Å²) in [6.45, 7) is 11.5. The van der Waals surface area contributed by atoms with E-state index in [2.05, 4.69) is 59.3 Å². The molecule has 0 atom stereocenters. The minimum atomic E-state index is 0.415. The number of carbonyl (C=O) groups is 1. The summed E-state index contributed by atoms with van der Waals surface area (Å²) in [6.07, 6.45) is 12.5. The van der Waals surface area contributed by atoms with Crippen LogP contribution in [-0.2, 0) is 6.54 Å². The lowest BCUT2D eigenvalue weighted by atomic mass is 10.1. The minimum absolute atomic E-state index is 0.415. The van der Waals surface area contributed by atoms with Crippen molar-refractivity contribution in [2.75, 3.05) is 18.5 Å². The highest BCUT2D eigenvalue weighted by atomic mass is 32.1. The van der Waals surface area contributed by atoms with E-state index in [1.54, 1.807) is 12.7 Å². The van der Waals surface area contributed by atoms with E-state index >= 15 is 0 Å².